The second-order valence-corrected chi connectivity index (χ2v) is 6.36. The predicted molar refractivity (Wildman–Crippen MR) is 93.6 cm³/mol. The van der Waals surface area contributed by atoms with Crippen molar-refractivity contribution in [1.82, 2.24) is 24.4 Å². The summed E-state index contributed by atoms with van der Waals surface area (Å²) in [6, 6.07) is 9.58. The zero-order chi connectivity index (χ0) is 16.9. The molecule has 0 spiro atoms. The first kappa shape index (κ1) is 16.3. The van der Waals surface area contributed by atoms with Gasteiger partial charge in [-0.15, -0.1) is 0 Å². The number of rotatable bonds is 6. The first-order valence-corrected chi connectivity index (χ1v) is 8.55. The minimum absolute atomic E-state index is 0.0557. The van der Waals surface area contributed by atoms with Crippen LogP contribution in [0, 0.1) is 0 Å². The molecule has 0 saturated carbocycles. The molecular weight excluding hydrogens is 322 g/mol. The van der Waals surface area contributed by atoms with Gasteiger partial charge in [-0.1, -0.05) is 42.1 Å². The minimum atomic E-state index is -0.277. The van der Waals surface area contributed by atoms with Crippen LogP contribution in [0.15, 0.2) is 60.3 Å². The summed E-state index contributed by atoms with van der Waals surface area (Å²) in [5, 5.41) is 3.90. The number of benzene rings is 1. The van der Waals surface area contributed by atoms with Crippen LogP contribution >= 0.6 is 11.8 Å². The van der Waals surface area contributed by atoms with Gasteiger partial charge in [-0.2, -0.15) is 0 Å². The molecule has 1 unspecified atom stereocenters. The van der Waals surface area contributed by atoms with E-state index in [1.54, 1.807) is 12.4 Å². The first-order valence-electron chi connectivity index (χ1n) is 7.57. The van der Waals surface area contributed by atoms with Crippen LogP contribution in [0.1, 0.15) is 17.4 Å². The molecule has 1 aromatic carbocycles. The summed E-state index contributed by atoms with van der Waals surface area (Å²) in [7, 11) is 3.83. The number of carbonyl (C=O) groups is 1. The molecule has 0 fully saturated rings. The van der Waals surface area contributed by atoms with Crippen LogP contribution in [-0.4, -0.2) is 30.8 Å². The van der Waals surface area contributed by atoms with Gasteiger partial charge >= 0.3 is 0 Å². The summed E-state index contributed by atoms with van der Waals surface area (Å²) in [6.07, 6.45) is 7.20. The summed E-state index contributed by atoms with van der Waals surface area (Å²) in [5.41, 5.74) is 1.00. The Kier molecular flexibility index (Phi) is 5.00. The van der Waals surface area contributed by atoms with Gasteiger partial charge in [0.1, 0.15) is 11.9 Å². The molecule has 24 heavy (non-hydrogen) atoms. The lowest BCUT2D eigenvalue weighted by Gasteiger charge is -2.19. The zero-order valence-corrected chi connectivity index (χ0v) is 14.4. The van der Waals surface area contributed by atoms with E-state index in [4.69, 9.17) is 0 Å². The lowest BCUT2D eigenvalue weighted by molar-refractivity contribution is -0.119. The van der Waals surface area contributed by atoms with Gasteiger partial charge in [0.2, 0.25) is 5.91 Å². The molecule has 0 aliphatic rings. The average Bonchev–Trinajstić information content (AvgIpc) is 3.20. The van der Waals surface area contributed by atoms with Gasteiger partial charge in [-0.05, 0) is 5.56 Å². The van der Waals surface area contributed by atoms with Crippen molar-refractivity contribution in [3.05, 3.63) is 66.5 Å². The van der Waals surface area contributed by atoms with Crippen molar-refractivity contribution in [3.8, 4) is 0 Å². The SMILES string of the molecule is Cn1ccnc1SCC(=O)NC(c1ccccc1)c1nccn1C. The molecule has 124 valence electrons. The summed E-state index contributed by atoms with van der Waals surface area (Å²) in [4.78, 5) is 21.0. The monoisotopic (exact) mass is 341 g/mol. The lowest BCUT2D eigenvalue weighted by Crippen LogP contribution is -2.32. The second-order valence-electron chi connectivity index (χ2n) is 5.42. The van der Waals surface area contributed by atoms with E-state index < -0.39 is 0 Å². The maximum Gasteiger partial charge on any atom is 0.231 e. The van der Waals surface area contributed by atoms with Gasteiger partial charge in [-0.3, -0.25) is 4.79 Å². The second kappa shape index (κ2) is 7.35. The third-order valence-corrected chi connectivity index (χ3v) is 4.72. The Morgan fingerprint density at radius 3 is 2.46 bits per heavy atom. The van der Waals surface area contributed by atoms with Crippen LogP contribution in [0.4, 0.5) is 0 Å². The van der Waals surface area contributed by atoms with Crippen LogP contribution < -0.4 is 5.32 Å². The Bertz CT molecular complexity index is 811. The van der Waals surface area contributed by atoms with Crippen molar-refractivity contribution >= 4 is 17.7 Å². The van der Waals surface area contributed by atoms with E-state index >= 15 is 0 Å². The highest BCUT2D eigenvalue weighted by Crippen LogP contribution is 2.21. The molecule has 3 aromatic rings. The van der Waals surface area contributed by atoms with Crippen molar-refractivity contribution < 1.29 is 4.79 Å². The van der Waals surface area contributed by atoms with Crippen LogP contribution in [0.3, 0.4) is 0 Å². The third-order valence-electron chi connectivity index (χ3n) is 3.66. The number of hydrogen-bond donors (Lipinski definition) is 1. The van der Waals surface area contributed by atoms with Crippen molar-refractivity contribution in [1.29, 1.82) is 0 Å². The summed E-state index contributed by atoms with van der Waals surface area (Å²) in [6.45, 7) is 0. The molecule has 0 radical (unpaired) electrons. The smallest absolute Gasteiger partial charge is 0.231 e. The summed E-state index contributed by atoms with van der Waals surface area (Å²) >= 11 is 1.41. The van der Waals surface area contributed by atoms with E-state index in [0.717, 1.165) is 16.5 Å². The molecule has 1 amide bonds. The molecule has 0 aliphatic carbocycles. The number of amides is 1. The summed E-state index contributed by atoms with van der Waals surface area (Å²) < 4.78 is 3.81. The molecule has 0 saturated heterocycles. The van der Waals surface area contributed by atoms with Gasteiger partial charge < -0.3 is 14.5 Å². The predicted octanol–water partition coefficient (Wildman–Crippen LogP) is 2.15. The van der Waals surface area contributed by atoms with Gasteiger partial charge in [0.25, 0.3) is 0 Å². The number of aromatic nitrogens is 4. The first-order chi connectivity index (χ1) is 11.6. The number of hydrogen-bond acceptors (Lipinski definition) is 4. The molecule has 7 heteroatoms. The number of nitrogens with one attached hydrogen (secondary N) is 1. The van der Waals surface area contributed by atoms with Gasteiger partial charge in [-0.25, -0.2) is 9.97 Å². The zero-order valence-electron chi connectivity index (χ0n) is 13.6. The van der Waals surface area contributed by atoms with E-state index in [9.17, 15) is 4.79 Å². The van der Waals surface area contributed by atoms with E-state index in [2.05, 4.69) is 15.3 Å². The van der Waals surface area contributed by atoms with E-state index in [1.165, 1.54) is 11.8 Å². The highest BCUT2D eigenvalue weighted by atomic mass is 32.2. The molecule has 0 aliphatic heterocycles. The Balaban J connectivity index is 1.73. The molecule has 2 aromatic heterocycles. The molecule has 1 atom stereocenters. The van der Waals surface area contributed by atoms with Crippen molar-refractivity contribution in [2.24, 2.45) is 14.1 Å². The van der Waals surface area contributed by atoms with E-state index in [1.807, 2.05) is 66.0 Å². The molecule has 1 N–H and O–H groups in total. The van der Waals surface area contributed by atoms with E-state index in [0.29, 0.717) is 5.75 Å². The number of carbonyl (C=O) groups excluding carboxylic acids is 1. The van der Waals surface area contributed by atoms with Gasteiger partial charge in [0.15, 0.2) is 5.16 Å². The largest absolute Gasteiger partial charge is 0.341 e. The molecule has 0 bridgehead atoms. The summed E-state index contributed by atoms with van der Waals surface area (Å²) in [5.74, 6) is 1.05. The minimum Gasteiger partial charge on any atom is -0.341 e. The van der Waals surface area contributed by atoms with Gasteiger partial charge in [0.05, 0.1) is 5.75 Å². The fourth-order valence-electron chi connectivity index (χ4n) is 2.42. The van der Waals surface area contributed by atoms with Gasteiger partial charge in [0, 0.05) is 38.9 Å². The Labute approximate surface area is 144 Å². The normalized spacial score (nSPS) is 12.1. The fraction of sp³-hybridized carbons (Fsp3) is 0.235. The van der Waals surface area contributed by atoms with Crippen LogP contribution in [0.2, 0.25) is 0 Å². The number of imidazole rings is 2. The number of nitrogens with zero attached hydrogens (tertiary/aromatic N) is 4. The quantitative estimate of drug-likeness (QED) is 0.698. The lowest BCUT2D eigenvalue weighted by atomic mass is 10.1. The number of aryl methyl sites for hydroxylation is 2. The van der Waals surface area contributed by atoms with Crippen LogP contribution in [0.25, 0.3) is 0 Å². The van der Waals surface area contributed by atoms with Crippen molar-refractivity contribution in [2.75, 3.05) is 5.75 Å². The molecule has 3 rings (SSSR count). The molecular formula is C17H19N5OS. The molecule has 2 heterocycles. The Hall–Kier alpha value is -2.54. The Morgan fingerprint density at radius 1 is 1.12 bits per heavy atom. The maximum absolute atomic E-state index is 12.4. The highest BCUT2D eigenvalue weighted by Gasteiger charge is 2.20. The Morgan fingerprint density at radius 2 is 1.83 bits per heavy atom. The van der Waals surface area contributed by atoms with E-state index in [-0.39, 0.29) is 11.9 Å². The average molecular weight is 341 g/mol. The van der Waals surface area contributed by atoms with Crippen LogP contribution in [0.5, 0.6) is 0 Å². The standard InChI is InChI=1S/C17H19N5OS/c1-21-10-8-18-16(21)15(13-6-4-3-5-7-13)20-14(23)12-24-17-19-9-11-22(17)2/h3-11,15H,12H2,1-2H3,(H,20,23). The van der Waals surface area contributed by atoms with Crippen molar-refractivity contribution in [2.45, 2.75) is 11.2 Å². The highest BCUT2D eigenvalue weighted by molar-refractivity contribution is 7.99. The number of thioether (sulfide) groups is 1. The fourth-order valence-corrected chi connectivity index (χ4v) is 3.16. The maximum atomic E-state index is 12.4. The molecule has 6 nitrogen and oxygen atoms in total. The van der Waals surface area contributed by atoms with Crippen LogP contribution in [-0.2, 0) is 18.9 Å². The topological polar surface area (TPSA) is 64.7 Å². The van der Waals surface area contributed by atoms with Crippen molar-refractivity contribution in [3.63, 3.8) is 0 Å². The third kappa shape index (κ3) is 3.68.